The molecule has 15 heteroatoms. The van der Waals surface area contributed by atoms with E-state index in [1.807, 2.05) is 0 Å². The molecule has 0 aliphatic rings. The summed E-state index contributed by atoms with van der Waals surface area (Å²) < 4.78 is 117. The minimum absolute atomic E-state index is 1.34. The molecule has 0 amide bonds. The summed E-state index contributed by atoms with van der Waals surface area (Å²) in [5.41, 5.74) is 0. The molecule has 0 saturated heterocycles. The normalized spacial score (nSPS) is 11.1. The SMILES string of the molecule is CCCCC.F[B-](F)(F)F.F[B-](F)(F)F.F[B-](F)(F)F. The molecule has 0 saturated carbocycles. The van der Waals surface area contributed by atoms with Crippen molar-refractivity contribution in [2.45, 2.75) is 33.1 Å². The first-order valence-corrected chi connectivity index (χ1v) is 5.03. The lowest BCUT2D eigenvalue weighted by Gasteiger charge is -1.94. The summed E-state index contributed by atoms with van der Waals surface area (Å²) >= 11 is 0. The fraction of sp³-hybridized carbons (Fsp3) is 1.00. The van der Waals surface area contributed by atoms with Gasteiger partial charge in [0.2, 0.25) is 0 Å². The average molecular weight is 333 g/mol. The second-order valence-corrected chi connectivity index (χ2v) is 2.84. The van der Waals surface area contributed by atoms with E-state index in [1.54, 1.807) is 0 Å². The lowest BCUT2D eigenvalue weighted by atomic mass is 10.3. The van der Waals surface area contributed by atoms with Crippen LogP contribution in [0.1, 0.15) is 33.1 Å². The van der Waals surface area contributed by atoms with Crippen molar-refractivity contribution in [3.8, 4) is 0 Å². The molecule has 0 rings (SSSR count). The van der Waals surface area contributed by atoms with Crippen LogP contribution in [-0.2, 0) is 0 Å². The van der Waals surface area contributed by atoms with Crippen LogP contribution < -0.4 is 0 Å². The van der Waals surface area contributed by atoms with Crippen molar-refractivity contribution < 1.29 is 51.8 Å². The standard InChI is InChI=1S/C5H12.3BF4/c1-3-5-4-2;3*2-1(3,4)5/h3-5H2,1-2H3;;;/q;3*-1. The van der Waals surface area contributed by atoms with E-state index in [2.05, 4.69) is 13.8 Å². The zero-order chi connectivity index (χ0) is 17.6. The predicted molar refractivity (Wildman–Crippen MR) is 55.8 cm³/mol. The van der Waals surface area contributed by atoms with Gasteiger partial charge in [0, 0.05) is 0 Å². The van der Waals surface area contributed by atoms with Crippen molar-refractivity contribution in [1.29, 1.82) is 0 Å². The van der Waals surface area contributed by atoms with Crippen molar-refractivity contribution in [3.05, 3.63) is 0 Å². The van der Waals surface area contributed by atoms with Crippen LogP contribution in [0.15, 0.2) is 0 Å². The molecule has 0 unspecified atom stereocenters. The highest BCUT2D eigenvalue weighted by atomic mass is 19.5. The van der Waals surface area contributed by atoms with Gasteiger partial charge in [0.25, 0.3) is 0 Å². The van der Waals surface area contributed by atoms with Gasteiger partial charge < -0.3 is 51.8 Å². The van der Waals surface area contributed by atoms with E-state index in [0.29, 0.717) is 0 Å². The second kappa shape index (κ2) is 13.3. The number of hydrogen-bond acceptors (Lipinski definition) is 0. The zero-order valence-corrected chi connectivity index (χ0v) is 10.4. The molecule has 128 valence electrons. The van der Waals surface area contributed by atoms with Gasteiger partial charge in [0.05, 0.1) is 0 Å². The van der Waals surface area contributed by atoms with Crippen molar-refractivity contribution >= 4 is 21.8 Å². The topological polar surface area (TPSA) is 0 Å². The number of hydrogen-bond donors (Lipinski definition) is 0. The van der Waals surface area contributed by atoms with Crippen LogP contribution in [-0.4, -0.2) is 21.8 Å². The minimum atomic E-state index is -6.00. The molecule has 0 atom stereocenters. The lowest BCUT2D eigenvalue weighted by Crippen LogP contribution is -2.02. The van der Waals surface area contributed by atoms with Crippen molar-refractivity contribution in [3.63, 3.8) is 0 Å². The Kier molecular flexibility index (Phi) is 18.5. The smallest absolute Gasteiger partial charge is 0.418 e. The first-order valence-electron chi connectivity index (χ1n) is 5.03. The van der Waals surface area contributed by atoms with Gasteiger partial charge in [-0.15, -0.1) is 0 Å². The summed E-state index contributed by atoms with van der Waals surface area (Å²) in [4.78, 5) is 0. The van der Waals surface area contributed by atoms with E-state index in [9.17, 15) is 51.8 Å². The molecular formula is C5H12B3F12-3. The lowest BCUT2D eigenvalue weighted by molar-refractivity contribution is 0.366. The highest BCUT2D eigenvalue weighted by Crippen LogP contribution is 2.07. The number of rotatable bonds is 2. The maximum Gasteiger partial charge on any atom is 0.673 e. The summed E-state index contributed by atoms with van der Waals surface area (Å²) in [6, 6.07) is 0. The average Bonchev–Trinajstić information content (AvgIpc) is 1.94. The fourth-order valence-electron chi connectivity index (χ4n) is 0.354. The van der Waals surface area contributed by atoms with Crippen LogP contribution in [0.4, 0.5) is 51.8 Å². The van der Waals surface area contributed by atoms with E-state index in [4.69, 9.17) is 0 Å². The van der Waals surface area contributed by atoms with Gasteiger partial charge in [-0.05, 0) is 0 Å². The molecular weight excluding hydrogens is 320 g/mol. The number of unbranched alkanes of at least 4 members (excludes halogenated alkanes) is 2. The van der Waals surface area contributed by atoms with Gasteiger partial charge in [-0.3, -0.25) is 0 Å². The van der Waals surface area contributed by atoms with Crippen LogP contribution in [0.5, 0.6) is 0 Å². The third-order valence-electron chi connectivity index (χ3n) is 0.707. The summed E-state index contributed by atoms with van der Waals surface area (Å²) in [6.45, 7) is 4.42. The quantitative estimate of drug-likeness (QED) is 0.423. The van der Waals surface area contributed by atoms with Crippen LogP contribution in [0.2, 0.25) is 0 Å². The Bertz CT molecular complexity index is 134. The van der Waals surface area contributed by atoms with E-state index in [1.165, 1.54) is 19.3 Å². The molecule has 0 aromatic carbocycles. The van der Waals surface area contributed by atoms with Crippen molar-refractivity contribution in [1.82, 2.24) is 0 Å². The zero-order valence-electron chi connectivity index (χ0n) is 10.4. The van der Waals surface area contributed by atoms with Crippen molar-refractivity contribution in [2.75, 3.05) is 0 Å². The first kappa shape index (κ1) is 27.7. The summed E-state index contributed by atoms with van der Waals surface area (Å²) in [7, 11) is -18.0. The van der Waals surface area contributed by atoms with Gasteiger partial charge >= 0.3 is 21.8 Å². The molecule has 20 heavy (non-hydrogen) atoms. The van der Waals surface area contributed by atoms with Gasteiger partial charge in [0.15, 0.2) is 0 Å². The van der Waals surface area contributed by atoms with Gasteiger partial charge in [-0.1, -0.05) is 33.1 Å². The molecule has 0 bridgehead atoms. The van der Waals surface area contributed by atoms with Gasteiger partial charge in [0.1, 0.15) is 0 Å². The molecule has 0 spiro atoms. The van der Waals surface area contributed by atoms with E-state index in [0.717, 1.165) is 0 Å². The Morgan fingerprint density at radius 2 is 0.550 bits per heavy atom. The molecule has 0 aromatic rings. The molecule has 0 aliphatic heterocycles. The fourth-order valence-corrected chi connectivity index (χ4v) is 0.354. The van der Waals surface area contributed by atoms with Crippen LogP contribution in [0.25, 0.3) is 0 Å². The number of halogens is 12. The Morgan fingerprint density at radius 3 is 0.550 bits per heavy atom. The Labute approximate surface area is 108 Å². The predicted octanol–water partition coefficient (Wildman–Crippen LogP) is 6.10. The maximum atomic E-state index is 9.75. The summed E-state index contributed by atoms with van der Waals surface area (Å²) in [5, 5.41) is 0. The van der Waals surface area contributed by atoms with E-state index < -0.39 is 21.8 Å². The second-order valence-electron chi connectivity index (χ2n) is 2.84. The highest BCUT2D eigenvalue weighted by molar-refractivity contribution is 6.50. The molecule has 0 aliphatic carbocycles. The molecule has 0 aromatic heterocycles. The Morgan fingerprint density at radius 1 is 0.450 bits per heavy atom. The molecule has 0 N–H and O–H groups in total. The minimum Gasteiger partial charge on any atom is -0.418 e. The Hall–Kier alpha value is -0.645. The highest BCUT2D eigenvalue weighted by Gasteiger charge is 2.21. The van der Waals surface area contributed by atoms with E-state index >= 15 is 0 Å². The monoisotopic (exact) mass is 333 g/mol. The first-order chi connectivity index (χ1) is 8.41. The molecule has 0 radical (unpaired) electrons. The van der Waals surface area contributed by atoms with E-state index in [-0.39, 0.29) is 0 Å². The molecule has 0 heterocycles. The van der Waals surface area contributed by atoms with Crippen LogP contribution >= 0.6 is 0 Å². The molecule has 0 fully saturated rings. The largest absolute Gasteiger partial charge is 0.673 e. The molecule has 0 nitrogen and oxygen atoms in total. The van der Waals surface area contributed by atoms with Crippen LogP contribution in [0, 0.1) is 0 Å². The maximum absolute atomic E-state index is 9.75. The van der Waals surface area contributed by atoms with Crippen molar-refractivity contribution in [2.24, 2.45) is 0 Å². The van der Waals surface area contributed by atoms with Crippen LogP contribution in [0.3, 0.4) is 0 Å². The summed E-state index contributed by atoms with van der Waals surface area (Å²) in [5.74, 6) is 0. The summed E-state index contributed by atoms with van der Waals surface area (Å²) in [6.07, 6.45) is 4.08. The van der Waals surface area contributed by atoms with Gasteiger partial charge in [-0.2, -0.15) is 0 Å². The van der Waals surface area contributed by atoms with Gasteiger partial charge in [-0.25, -0.2) is 0 Å². The third-order valence-corrected chi connectivity index (χ3v) is 0.707. The Balaban J connectivity index is -0.0000000853. The third kappa shape index (κ3) is 2530.